The van der Waals surface area contributed by atoms with E-state index in [2.05, 4.69) is 10.5 Å². The van der Waals surface area contributed by atoms with E-state index in [0.717, 1.165) is 5.56 Å². The first kappa shape index (κ1) is 30.6. The molecule has 0 bridgehead atoms. The molecule has 0 heterocycles. The Morgan fingerprint density at radius 2 is 1.42 bits per heavy atom. The summed E-state index contributed by atoms with van der Waals surface area (Å²) in [6.45, 7) is 6.70. The Balaban J connectivity index is 1.28. The van der Waals surface area contributed by atoms with Crippen LogP contribution in [0, 0.1) is 0 Å². The van der Waals surface area contributed by atoms with Gasteiger partial charge in [-0.1, -0.05) is 30.3 Å². The molecule has 4 aromatic carbocycles. The number of hydrazone groups is 1. The summed E-state index contributed by atoms with van der Waals surface area (Å²) in [5.74, 6) is 1.57. The summed E-state index contributed by atoms with van der Waals surface area (Å²) in [5.41, 5.74) is 4.56. The fraction of sp³-hybridized carbons (Fsp3) is 0.206. The molecule has 9 heteroatoms. The number of esters is 1. The molecular weight excluding hydrogens is 548 g/mol. The highest BCUT2D eigenvalue weighted by molar-refractivity contribution is 5.92. The maximum absolute atomic E-state index is 12.7. The van der Waals surface area contributed by atoms with Crippen molar-refractivity contribution in [1.29, 1.82) is 0 Å². The molecule has 0 aliphatic heterocycles. The predicted octanol–water partition coefficient (Wildman–Crippen LogP) is 6.20. The predicted molar refractivity (Wildman–Crippen MR) is 163 cm³/mol. The molecule has 0 fully saturated rings. The van der Waals surface area contributed by atoms with E-state index >= 15 is 0 Å². The number of hydrogen-bond donors (Lipinski definition) is 1. The fourth-order valence-corrected chi connectivity index (χ4v) is 3.84. The van der Waals surface area contributed by atoms with Crippen LogP contribution in [0.1, 0.15) is 42.3 Å². The molecule has 4 aromatic rings. The van der Waals surface area contributed by atoms with Crippen LogP contribution in [0.3, 0.4) is 0 Å². The Kier molecular flexibility index (Phi) is 11.1. The van der Waals surface area contributed by atoms with Crippen molar-refractivity contribution in [2.24, 2.45) is 5.10 Å². The summed E-state index contributed by atoms with van der Waals surface area (Å²) in [5, 5.41) is 4.03. The van der Waals surface area contributed by atoms with Crippen molar-refractivity contribution < 1.29 is 33.3 Å². The van der Waals surface area contributed by atoms with Gasteiger partial charge in [-0.05, 0) is 98.6 Å². The molecule has 0 aliphatic rings. The molecule has 222 valence electrons. The van der Waals surface area contributed by atoms with E-state index in [-0.39, 0.29) is 5.75 Å². The Morgan fingerprint density at radius 3 is 2.12 bits per heavy atom. The molecule has 1 N–H and O–H groups in total. The number of hydrogen-bond acceptors (Lipinski definition) is 8. The minimum Gasteiger partial charge on any atom is -0.494 e. The van der Waals surface area contributed by atoms with Gasteiger partial charge in [-0.25, -0.2) is 10.2 Å². The van der Waals surface area contributed by atoms with Crippen LogP contribution >= 0.6 is 0 Å². The van der Waals surface area contributed by atoms with E-state index < -0.39 is 18.0 Å². The largest absolute Gasteiger partial charge is 0.494 e. The average molecular weight is 583 g/mol. The third-order valence-electron chi connectivity index (χ3n) is 6.01. The van der Waals surface area contributed by atoms with Crippen molar-refractivity contribution in [1.82, 2.24) is 5.43 Å². The van der Waals surface area contributed by atoms with E-state index in [1.54, 1.807) is 73.7 Å². The number of nitrogens with zero attached hydrogens (tertiary/aromatic N) is 1. The highest BCUT2D eigenvalue weighted by atomic mass is 16.6. The van der Waals surface area contributed by atoms with Crippen molar-refractivity contribution in [3.63, 3.8) is 0 Å². The van der Waals surface area contributed by atoms with Gasteiger partial charge in [0.05, 0.1) is 25.0 Å². The highest BCUT2D eigenvalue weighted by Crippen LogP contribution is 2.29. The van der Waals surface area contributed by atoms with E-state index in [0.29, 0.717) is 53.9 Å². The third kappa shape index (κ3) is 9.36. The zero-order valence-electron chi connectivity index (χ0n) is 24.3. The first-order valence-electron chi connectivity index (χ1n) is 13.9. The summed E-state index contributed by atoms with van der Waals surface area (Å²) in [6, 6.07) is 28.6. The van der Waals surface area contributed by atoms with Crippen LogP contribution in [-0.2, 0) is 11.4 Å². The van der Waals surface area contributed by atoms with Crippen molar-refractivity contribution in [2.45, 2.75) is 33.5 Å². The van der Waals surface area contributed by atoms with Gasteiger partial charge in [0.15, 0.2) is 17.6 Å². The van der Waals surface area contributed by atoms with Crippen molar-refractivity contribution in [3.8, 4) is 28.7 Å². The summed E-state index contributed by atoms with van der Waals surface area (Å²) in [6.07, 6.45) is 0.668. The normalized spacial score (nSPS) is 11.4. The standard InChI is InChI=1S/C34H34N2O7/c1-4-39-28-14-12-27(13-15-28)34(38)43-31-20-11-26(21-32(31)40-5-2)22-35-36-33(37)24(3)42-30-18-16-29(17-19-30)41-23-25-9-7-6-8-10-25/h6-22,24H,4-5,23H2,1-3H3,(H,36,37). The van der Waals surface area contributed by atoms with Crippen LogP contribution in [-0.4, -0.2) is 37.4 Å². The third-order valence-corrected chi connectivity index (χ3v) is 6.01. The molecule has 0 saturated carbocycles. The monoisotopic (exact) mass is 582 g/mol. The lowest BCUT2D eigenvalue weighted by Crippen LogP contribution is -2.33. The van der Waals surface area contributed by atoms with Crippen molar-refractivity contribution in [2.75, 3.05) is 13.2 Å². The Labute approximate surface area is 251 Å². The lowest BCUT2D eigenvalue weighted by molar-refractivity contribution is -0.127. The second kappa shape index (κ2) is 15.6. The molecule has 0 aromatic heterocycles. The van der Waals surface area contributed by atoms with Crippen LogP contribution in [0.25, 0.3) is 0 Å². The van der Waals surface area contributed by atoms with Crippen molar-refractivity contribution in [3.05, 3.63) is 114 Å². The van der Waals surface area contributed by atoms with Gasteiger partial charge in [0.25, 0.3) is 5.91 Å². The van der Waals surface area contributed by atoms with Gasteiger partial charge in [0.1, 0.15) is 23.9 Å². The van der Waals surface area contributed by atoms with E-state index in [1.807, 2.05) is 44.2 Å². The summed E-state index contributed by atoms with van der Waals surface area (Å²) in [7, 11) is 0. The van der Waals surface area contributed by atoms with Gasteiger partial charge in [0, 0.05) is 0 Å². The smallest absolute Gasteiger partial charge is 0.343 e. The number of nitrogens with one attached hydrogen (secondary N) is 1. The van der Waals surface area contributed by atoms with Crippen LogP contribution < -0.4 is 29.1 Å². The van der Waals surface area contributed by atoms with Crippen LogP contribution in [0.2, 0.25) is 0 Å². The number of ether oxygens (including phenoxy) is 5. The van der Waals surface area contributed by atoms with Crippen LogP contribution in [0.5, 0.6) is 28.7 Å². The average Bonchev–Trinajstić information content (AvgIpc) is 3.03. The number of carbonyl (C=O) groups is 2. The van der Waals surface area contributed by atoms with Crippen LogP contribution in [0.4, 0.5) is 0 Å². The quantitative estimate of drug-likeness (QED) is 0.0817. The zero-order chi connectivity index (χ0) is 30.4. The second-order valence-corrected chi connectivity index (χ2v) is 9.23. The van der Waals surface area contributed by atoms with Gasteiger partial charge in [0.2, 0.25) is 0 Å². The Bertz CT molecular complexity index is 1500. The van der Waals surface area contributed by atoms with E-state index in [1.165, 1.54) is 6.21 Å². The molecule has 4 rings (SSSR count). The summed E-state index contributed by atoms with van der Waals surface area (Å²) >= 11 is 0. The maximum Gasteiger partial charge on any atom is 0.343 e. The molecule has 1 unspecified atom stereocenters. The van der Waals surface area contributed by atoms with Gasteiger partial charge in [-0.15, -0.1) is 0 Å². The molecule has 0 spiro atoms. The van der Waals surface area contributed by atoms with Gasteiger partial charge < -0.3 is 23.7 Å². The topological polar surface area (TPSA) is 105 Å². The van der Waals surface area contributed by atoms with E-state index in [9.17, 15) is 9.59 Å². The molecule has 0 saturated heterocycles. The summed E-state index contributed by atoms with van der Waals surface area (Å²) in [4.78, 5) is 25.2. The number of amides is 1. The molecule has 43 heavy (non-hydrogen) atoms. The number of benzene rings is 4. The van der Waals surface area contributed by atoms with Crippen molar-refractivity contribution >= 4 is 18.1 Å². The number of carbonyl (C=O) groups excluding carboxylic acids is 2. The van der Waals surface area contributed by atoms with Gasteiger partial charge >= 0.3 is 5.97 Å². The highest BCUT2D eigenvalue weighted by Gasteiger charge is 2.15. The SMILES string of the molecule is CCOc1ccc(C(=O)Oc2ccc(C=NNC(=O)C(C)Oc3ccc(OCc4ccccc4)cc3)cc2OCC)cc1. The molecule has 0 radical (unpaired) electrons. The Hall–Kier alpha value is -5.31. The summed E-state index contributed by atoms with van der Waals surface area (Å²) < 4.78 is 28.2. The Morgan fingerprint density at radius 1 is 0.767 bits per heavy atom. The second-order valence-electron chi connectivity index (χ2n) is 9.23. The first-order valence-corrected chi connectivity index (χ1v) is 13.9. The van der Waals surface area contributed by atoms with Crippen LogP contribution in [0.15, 0.2) is 102 Å². The first-order chi connectivity index (χ1) is 20.9. The number of rotatable bonds is 14. The molecule has 9 nitrogen and oxygen atoms in total. The van der Waals surface area contributed by atoms with Gasteiger partial charge in [-0.3, -0.25) is 4.79 Å². The lowest BCUT2D eigenvalue weighted by Gasteiger charge is -2.14. The molecule has 1 atom stereocenters. The van der Waals surface area contributed by atoms with Gasteiger partial charge in [-0.2, -0.15) is 5.10 Å². The minimum absolute atomic E-state index is 0.264. The molecule has 1 amide bonds. The maximum atomic E-state index is 12.7. The molecular formula is C34H34N2O7. The fourth-order valence-electron chi connectivity index (χ4n) is 3.84. The van der Waals surface area contributed by atoms with E-state index in [4.69, 9.17) is 23.7 Å². The minimum atomic E-state index is -0.795. The zero-order valence-corrected chi connectivity index (χ0v) is 24.3. The molecule has 0 aliphatic carbocycles. The lowest BCUT2D eigenvalue weighted by atomic mass is 10.2.